The summed E-state index contributed by atoms with van der Waals surface area (Å²) < 4.78 is 34.8. The van der Waals surface area contributed by atoms with Crippen LogP contribution in [0.1, 0.15) is 19.5 Å². The minimum absolute atomic E-state index is 0.253. The summed E-state index contributed by atoms with van der Waals surface area (Å²) in [5.74, 6) is 0. The van der Waals surface area contributed by atoms with Gasteiger partial charge in [0.25, 0.3) is 0 Å². The Bertz CT molecular complexity index is 619. The van der Waals surface area contributed by atoms with Crippen LogP contribution in [-0.4, -0.2) is 115 Å². The van der Waals surface area contributed by atoms with Gasteiger partial charge in [-0.25, -0.2) is 4.68 Å². The van der Waals surface area contributed by atoms with E-state index in [4.69, 9.17) is 30.5 Å². The Morgan fingerprint density at radius 2 is 1.53 bits per heavy atom. The van der Waals surface area contributed by atoms with E-state index in [9.17, 15) is 4.21 Å². The lowest BCUT2D eigenvalue weighted by Crippen LogP contribution is -2.52. The summed E-state index contributed by atoms with van der Waals surface area (Å²) in [5.41, 5.74) is 0.743. The molecular weight excluding hydrogens is 458 g/mol. The zero-order chi connectivity index (χ0) is 23.6. The first-order chi connectivity index (χ1) is 15.6. The summed E-state index contributed by atoms with van der Waals surface area (Å²) in [6, 6.07) is 0. The maximum atomic E-state index is 11.4. The van der Waals surface area contributed by atoms with Gasteiger partial charge in [-0.3, -0.25) is 9.11 Å². The molecule has 1 unspecified atom stereocenters. The Balaban J connectivity index is 0.00000249. The van der Waals surface area contributed by atoms with E-state index in [-0.39, 0.29) is 5.25 Å². The van der Waals surface area contributed by atoms with Crippen molar-refractivity contribution in [2.45, 2.75) is 32.2 Å². The molecule has 1 fully saturated rings. The molecule has 2 rings (SSSR count). The summed E-state index contributed by atoms with van der Waals surface area (Å²) >= 11 is 6.35. The van der Waals surface area contributed by atoms with E-state index < -0.39 is 10.8 Å². The third-order valence-electron chi connectivity index (χ3n) is 4.56. The van der Waals surface area contributed by atoms with Gasteiger partial charge in [0.15, 0.2) is 5.15 Å². The summed E-state index contributed by atoms with van der Waals surface area (Å²) in [5, 5.41) is 12.0. The van der Waals surface area contributed by atoms with Crippen molar-refractivity contribution in [1.29, 1.82) is 0 Å². The molecule has 0 amide bonds. The van der Waals surface area contributed by atoms with Crippen molar-refractivity contribution in [2.75, 3.05) is 85.8 Å². The molecule has 2 heterocycles. The third kappa shape index (κ3) is 12.0. The van der Waals surface area contributed by atoms with Crippen LogP contribution in [0.3, 0.4) is 0 Å². The molecule has 1 aliphatic rings. The number of rotatable bonds is 18. The van der Waals surface area contributed by atoms with Crippen molar-refractivity contribution >= 4 is 22.4 Å². The van der Waals surface area contributed by atoms with E-state index in [1.165, 1.54) is 0 Å². The van der Waals surface area contributed by atoms with Crippen molar-refractivity contribution < 1.29 is 23.2 Å². The predicted molar refractivity (Wildman–Crippen MR) is 127 cm³/mol. The number of hydrogen-bond donors (Lipinski definition) is 1. The van der Waals surface area contributed by atoms with Crippen LogP contribution in [0.2, 0.25) is 5.15 Å². The van der Waals surface area contributed by atoms with Gasteiger partial charge in [-0.05, 0) is 7.05 Å². The third-order valence-corrected chi connectivity index (χ3v) is 6.21. The average Bonchev–Trinajstić information content (AvgIpc) is 3.11. The predicted octanol–water partition coefficient (Wildman–Crippen LogP) is 0.806. The molecule has 1 aliphatic heterocycles. The fourth-order valence-electron chi connectivity index (χ4n) is 2.74. The van der Waals surface area contributed by atoms with Crippen LogP contribution in [0.25, 0.3) is 0 Å². The van der Waals surface area contributed by atoms with Gasteiger partial charge in [-0.15, -0.1) is 5.10 Å². The molecule has 0 aromatic carbocycles. The van der Waals surface area contributed by atoms with Gasteiger partial charge < -0.3 is 24.3 Å². The van der Waals surface area contributed by atoms with Crippen LogP contribution in [-0.2, 0) is 42.8 Å². The van der Waals surface area contributed by atoms with E-state index >= 15 is 0 Å². The molecule has 0 bridgehead atoms. The summed E-state index contributed by atoms with van der Waals surface area (Å²) in [6.07, 6.45) is 1.74. The number of halogens is 1. The van der Waals surface area contributed by atoms with Crippen LogP contribution < -0.4 is 5.32 Å². The standard InChI is InChI=1S/C18H34ClN5O5S.C2H6/c1-20-3-5-26-7-9-28-11-12-29-10-8-27-6-4-24-18(19)17(21-22-24)15-23-13-16(14-23)30(2)25;1-2/h16,20H,3-15H2,1-2H3;1-2H3. The molecular formula is C20H40ClN5O5S. The topological polar surface area (TPSA) is 100.0 Å². The Hall–Kier alpha value is -0.660. The Kier molecular flexibility index (Phi) is 17.2. The second-order valence-electron chi connectivity index (χ2n) is 6.92. The molecule has 1 saturated heterocycles. The van der Waals surface area contributed by atoms with Crippen LogP contribution in [0, 0.1) is 0 Å². The molecule has 1 N–H and O–H groups in total. The maximum Gasteiger partial charge on any atom is 0.151 e. The Morgan fingerprint density at radius 1 is 1.00 bits per heavy atom. The second kappa shape index (κ2) is 18.7. The molecule has 0 aliphatic carbocycles. The van der Waals surface area contributed by atoms with Crippen molar-refractivity contribution in [3.8, 4) is 0 Å². The van der Waals surface area contributed by atoms with E-state index in [1.807, 2.05) is 20.9 Å². The summed E-state index contributed by atoms with van der Waals surface area (Å²) in [4.78, 5) is 2.17. The highest BCUT2D eigenvalue weighted by atomic mass is 35.5. The molecule has 10 nitrogen and oxygen atoms in total. The maximum absolute atomic E-state index is 11.4. The lowest BCUT2D eigenvalue weighted by Gasteiger charge is -2.37. The van der Waals surface area contributed by atoms with Crippen molar-refractivity contribution in [3.63, 3.8) is 0 Å². The number of nitrogens with one attached hydrogen (secondary N) is 1. The van der Waals surface area contributed by atoms with Gasteiger partial charge in [0.05, 0.1) is 64.6 Å². The number of likely N-dealkylation sites (N-methyl/N-ethyl adjacent to an activating group) is 1. The van der Waals surface area contributed by atoms with E-state index in [0.29, 0.717) is 71.1 Å². The number of hydrogen-bond acceptors (Lipinski definition) is 9. The fraction of sp³-hybridized carbons (Fsp3) is 0.900. The number of aromatic nitrogens is 3. The van der Waals surface area contributed by atoms with Crippen LogP contribution in [0.5, 0.6) is 0 Å². The Labute approximate surface area is 199 Å². The molecule has 0 radical (unpaired) electrons. The molecule has 32 heavy (non-hydrogen) atoms. The van der Waals surface area contributed by atoms with Crippen LogP contribution >= 0.6 is 11.6 Å². The molecule has 1 aromatic rings. The van der Waals surface area contributed by atoms with Gasteiger partial charge in [0.2, 0.25) is 0 Å². The van der Waals surface area contributed by atoms with Gasteiger partial charge in [-0.1, -0.05) is 30.7 Å². The molecule has 0 spiro atoms. The number of likely N-dealkylation sites (tertiary alicyclic amines) is 1. The van der Waals surface area contributed by atoms with Crippen molar-refractivity contribution in [1.82, 2.24) is 25.2 Å². The SMILES string of the molecule is CC.CNCCOCCOCCOCCOCCn1nnc(CN2CC(S(C)=O)C2)c1Cl. The first-order valence-electron chi connectivity index (χ1n) is 11.2. The first-order valence-corrected chi connectivity index (χ1v) is 13.2. The smallest absolute Gasteiger partial charge is 0.151 e. The highest BCUT2D eigenvalue weighted by molar-refractivity contribution is 7.85. The highest BCUT2D eigenvalue weighted by Gasteiger charge is 2.30. The van der Waals surface area contributed by atoms with Gasteiger partial charge >= 0.3 is 0 Å². The zero-order valence-electron chi connectivity index (χ0n) is 19.9. The monoisotopic (exact) mass is 497 g/mol. The van der Waals surface area contributed by atoms with Gasteiger partial charge in [0.1, 0.15) is 5.69 Å². The van der Waals surface area contributed by atoms with Crippen LogP contribution in [0.4, 0.5) is 0 Å². The molecule has 0 saturated carbocycles. The molecule has 1 atom stereocenters. The average molecular weight is 498 g/mol. The zero-order valence-corrected chi connectivity index (χ0v) is 21.5. The minimum Gasteiger partial charge on any atom is -0.378 e. The van der Waals surface area contributed by atoms with Crippen LogP contribution in [0.15, 0.2) is 0 Å². The van der Waals surface area contributed by atoms with E-state index in [2.05, 4.69) is 20.5 Å². The largest absolute Gasteiger partial charge is 0.378 e. The summed E-state index contributed by atoms with van der Waals surface area (Å²) in [7, 11) is 1.12. The molecule has 188 valence electrons. The highest BCUT2D eigenvalue weighted by Crippen LogP contribution is 2.20. The molecule has 12 heteroatoms. The first kappa shape index (κ1) is 29.4. The quantitative estimate of drug-likeness (QED) is 0.295. The molecule has 1 aromatic heterocycles. The lowest BCUT2D eigenvalue weighted by molar-refractivity contribution is -0.00234. The van der Waals surface area contributed by atoms with E-state index in [0.717, 1.165) is 25.3 Å². The number of nitrogens with zero attached hydrogens (tertiary/aromatic N) is 4. The number of ether oxygens (including phenoxy) is 4. The lowest BCUT2D eigenvalue weighted by atomic mass is 10.2. The fourth-order valence-corrected chi connectivity index (χ4v) is 3.79. The van der Waals surface area contributed by atoms with Crippen molar-refractivity contribution in [3.05, 3.63) is 10.8 Å². The van der Waals surface area contributed by atoms with E-state index in [1.54, 1.807) is 10.9 Å². The van der Waals surface area contributed by atoms with Gasteiger partial charge in [0, 0.05) is 43.2 Å². The normalized spacial score (nSPS) is 15.3. The van der Waals surface area contributed by atoms with Gasteiger partial charge in [-0.2, -0.15) is 0 Å². The minimum atomic E-state index is -0.771. The van der Waals surface area contributed by atoms with Crippen molar-refractivity contribution in [2.24, 2.45) is 0 Å². The Morgan fingerprint density at radius 3 is 2.06 bits per heavy atom. The summed E-state index contributed by atoms with van der Waals surface area (Å²) in [6.45, 7) is 12.0. The second-order valence-corrected chi connectivity index (χ2v) is 8.94.